The second kappa shape index (κ2) is 4.30. The zero-order chi connectivity index (χ0) is 13.6. The van der Waals surface area contributed by atoms with Crippen molar-refractivity contribution < 1.29 is 4.79 Å². The summed E-state index contributed by atoms with van der Waals surface area (Å²) < 4.78 is 2.08. The topological polar surface area (TPSA) is 64.2 Å². The van der Waals surface area contributed by atoms with Gasteiger partial charge < -0.3 is 15.2 Å². The predicted molar refractivity (Wildman–Crippen MR) is 75.3 cm³/mol. The molecule has 1 fully saturated rings. The Labute approximate surface area is 117 Å². The number of imidazole rings is 1. The molecular formula is C13H18N4OS. The van der Waals surface area contributed by atoms with Crippen LogP contribution in [0, 0.1) is 11.3 Å². The molecule has 1 aromatic rings. The van der Waals surface area contributed by atoms with Gasteiger partial charge in [-0.25, -0.2) is 4.98 Å². The van der Waals surface area contributed by atoms with Gasteiger partial charge in [0.1, 0.15) is 5.82 Å². The summed E-state index contributed by atoms with van der Waals surface area (Å²) in [5.74, 6) is 1.55. The van der Waals surface area contributed by atoms with Crippen LogP contribution in [0.4, 0.5) is 0 Å². The summed E-state index contributed by atoms with van der Waals surface area (Å²) >= 11 is 5.15. The van der Waals surface area contributed by atoms with Crippen molar-refractivity contribution in [1.29, 1.82) is 0 Å². The minimum Gasteiger partial charge on any atom is -0.392 e. The van der Waals surface area contributed by atoms with Crippen LogP contribution in [0.15, 0.2) is 12.4 Å². The van der Waals surface area contributed by atoms with Gasteiger partial charge in [0.2, 0.25) is 5.91 Å². The van der Waals surface area contributed by atoms with Crippen LogP contribution in [0.5, 0.6) is 0 Å². The van der Waals surface area contributed by atoms with Crippen molar-refractivity contribution in [3.63, 3.8) is 0 Å². The number of hydrogen-bond acceptors (Lipinski definition) is 3. The molecule has 0 saturated heterocycles. The molecule has 102 valence electrons. The molecule has 0 unspecified atom stereocenters. The molecule has 2 heterocycles. The van der Waals surface area contributed by atoms with Crippen molar-refractivity contribution in [3.05, 3.63) is 18.2 Å². The number of amides is 1. The highest BCUT2D eigenvalue weighted by Gasteiger charge is 2.52. The Kier molecular flexibility index (Phi) is 2.85. The van der Waals surface area contributed by atoms with E-state index in [1.54, 1.807) is 6.20 Å². The molecule has 1 aromatic heterocycles. The van der Waals surface area contributed by atoms with Gasteiger partial charge in [-0.15, -0.1) is 0 Å². The van der Waals surface area contributed by atoms with Crippen LogP contribution in [-0.2, 0) is 17.9 Å². The van der Waals surface area contributed by atoms with Crippen molar-refractivity contribution in [2.45, 2.75) is 32.9 Å². The number of nitrogens with two attached hydrogens (primary N) is 1. The third-order valence-electron chi connectivity index (χ3n) is 4.31. The zero-order valence-corrected chi connectivity index (χ0v) is 11.8. The van der Waals surface area contributed by atoms with Crippen LogP contribution in [-0.4, -0.2) is 31.9 Å². The summed E-state index contributed by atoms with van der Waals surface area (Å²) in [6.07, 6.45) is 5.29. The minimum absolute atomic E-state index is 0.0901. The van der Waals surface area contributed by atoms with Crippen LogP contribution in [0.3, 0.4) is 0 Å². The third kappa shape index (κ3) is 1.85. The van der Waals surface area contributed by atoms with E-state index in [-0.39, 0.29) is 5.91 Å². The molecule has 1 aliphatic carbocycles. The highest BCUT2D eigenvalue weighted by Crippen LogP contribution is 2.47. The van der Waals surface area contributed by atoms with E-state index in [0.29, 0.717) is 24.0 Å². The first kappa shape index (κ1) is 12.6. The number of aromatic nitrogens is 2. The van der Waals surface area contributed by atoms with Crippen LogP contribution in [0.2, 0.25) is 0 Å². The molecule has 0 atom stereocenters. The molecule has 6 heteroatoms. The van der Waals surface area contributed by atoms with E-state index in [9.17, 15) is 4.79 Å². The Hall–Kier alpha value is -1.43. The lowest BCUT2D eigenvalue weighted by Gasteiger charge is -2.47. The van der Waals surface area contributed by atoms with E-state index in [4.69, 9.17) is 18.0 Å². The fourth-order valence-electron chi connectivity index (χ4n) is 3.26. The molecule has 1 amide bonds. The van der Waals surface area contributed by atoms with Gasteiger partial charge in [0.15, 0.2) is 0 Å². The molecule has 0 aromatic carbocycles. The molecule has 2 aliphatic rings. The Morgan fingerprint density at radius 3 is 2.89 bits per heavy atom. The largest absolute Gasteiger partial charge is 0.392 e. The molecule has 2 N–H and O–H groups in total. The summed E-state index contributed by atoms with van der Waals surface area (Å²) in [5.41, 5.74) is 5.25. The van der Waals surface area contributed by atoms with Crippen LogP contribution in [0.25, 0.3) is 0 Å². The van der Waals surface area contributed by atoms with Crippen LogP contribution >= 0.6 is 12.2 Å². The zero-order valence-electron chi connectivity index (χ0n) is 11.0. The van der Waals surface area contributed by atoms with Crippen molar-refractivity contribution >= 4 is 23.1 Å². The molecule has 0 spiro atoms. The summed E-state index contributed by atoms with van der Waals surface area (Å²) in [6, 6.07) is 0. The molecule has 1 aliphatic heterocycles. The maximum Gasteiger partial charge on any atom is 0.236 e. The number of carbonyl (C=O) groups excluding carboxylic acids is 1. The quantitative estimate of drug-likeness (QED) is 0.817. The van der Waals surface area contributed by atoms with Crippen LogP contribution in [0.1, 0.15) is 25.6 Å². The second-order valence-corrected chi connectivity index (χ2v) is 6.16. The van der Waals surface area contributed by atoms with Gasteiger partial charge in [-0.2, -0.15) is 0 Å². The molecule has 1 saturated carbocycles. The van der Waals surface area contributed by atoms with E-state index in [0.717, 1.165) is 25.2 Å². The van der Waals surface area contributed by atoms with E-state index < -0.39 is 5.41 Å². The van der Waals surface area contributed by atoms with Gasteiger partial charge in [-0.05, 0) is 18.8 Å². The lowest BCUT2D eigenvalue weighted by Crippen LogP contribution is -2.57. The van der Waals surface area contributed by atoms with E-state index >= 15 is 0 Å². The number of carbonyl (C=O) groups is 1. The third-order valence-corrected chi connectivity index (χ3v) is 4.70. The van der Waals surface area contributed by atoms with Gasteiger partial charge in [-0.1, -0.05) is 19.1 Å². The molecule has 0 radical (unpaired) electrons. The fraction of sp³-hybridized carbons (Fsp3) is 0.615. The first-order chi connectivity index (χ1) is 9.03. The number of fused-ring (bicyclic) bond motifs is 1. The Balaban J connectivity index is 1.80. The highest BCUT2D eigenvalue weighted by atomic mass is 32.1. The summed E-state index contributed by atoms with van der Waals surface area (Å²) in [5, 5.41) is 0. The van der Waals surface area contributed by atoms with Gasteiger partial charge >= 0.3 is 0 Å². The van der Waals surface area contributed by atoms with Crippen LogP contribution < -0.4 is 5.73 Å². The van der Waals surface area contributed by atoms with Gasteiger partial charge in [0, 0.05) is 25.5 Å². The molecule has 19 heavy (non-hydrogen) atoms. The fourth-order valence-corrected chi connectivity index (χ4v) is 3.51. The smallest absolute Gasteiger partial charge is 0.236 e. The van der Waals surface area contributed by atoms with Crippen molar-refractivity contribution in [2.24, 2.45) is 17.1 Å². The predicted octanol–water partition coefficient (Wildman–Crippen LogP) is 0.928. The first-order valence-corrected chi connectivity index (χ1v) is 7.03. The first-order valence-electron chi connectivity index (χ1n) is 6.62. The molecule has 0 bridgehead atoms. The Morgan fingerprint density at radius 2 is 2.26 bits per heavy atom. The van der Waals surface area contributed by atoms with Gasteiger partial charge in [0.05, 0.1) is 16.9 Å². The van der Waals surface area contributed by atoms with Crippen molar-refractivity contribution in [3.8, 4) is 0 Å². The summed E-state index contributed by atoms with van der Waals surface area (Å²) in [4.78, 5) is 19.2. The van der Waals surface area contributed by atoms with Crippen molar-refractivity contribution in [2.75, 3.05) is 6.54 Å². The van der Waals surface area contributed by atoms with Crippen molar-refractivity contribution in [1.82, 2.24) is 14.5 Å². The lowest BCUT2D eigenvalue weighted by molar-refractivity contribution is -0.145. The average Bonchev–Trinajstić information content (AvgIpc) is 2.80. The monoisotopic (exact) mass is 278 g/mol. The number of hydrogen-bond donors (Lipinski definition) is 1. The Morgan fingerprint density at radius 1 is 1.53 bits per heavy atom. The molecule has 3 rings (SSSR count). The lowest BCUT2D eigenvalue weighted by atomic mass is 9.61. The molecule has 5 nitrogen and oxygen atoms in total. The number of thiocarbonyl (C=S) groups is 1. The van der Waals surface area contributed by atoms with E-state index in [1.165, 1.54) is 0 Å². The van der Waals surface area contributed by atoms with E-state index in [1.807, 2.05) is 11.1 Å². The van der Waals surface area contributed by atoms with Gasteiger partial charge in [-0.3, -0.25) is 4.79 Å². The maximum atomic E-state index is 12.7. The standard InChI is InChI=1S/C13H18N4OS/c1-9-6-13(7-9,11(14)19)12(18)17-5-4-16-3-2-15-10(16)8-17/h2-3,9H,4-8H2,1H3,(H2,14,19). The normalized spacial score (nSPS) is 29.5. The molecular weight excluding hydrogens is 260 g/mol. The second-order valence-electron chi connectivity index (χ2n) is 5.72. The minimum atomic E-state index is -0.594. The summed E-state index contributed by atoms with van der Waals surface area (Å²) in [7, 11) is 0. The number of rotatable bonds is 2. The van der Waals surface area contributed by atoms with E-state index in [2.05, 4.69) is 16.5 Å². The number of nitrogens with zero attached hydrogens (tertiary/aromatic N) is 3. The Bertz CT molecular complexity index is 533. The SMILES string of the molecule is CC1CC(C(=O)N2CCn3ccnc3C2)(C(N)=S)C1. The maximum absolute atomic E-state index is 12.7. The summed E-state index contributed by atoms with van der Waals surface area (Å²) in [6.45, 7) is 4.20. The average molecular weight is 278 g/mol. The highest BCUT2D eigenvalue weighted by molar-refractivity contribution is 7.80. The van der Waals surface area contributed by atoms with Gasteiger partial charge in [0.25, 0.3) is 0 Å².